The second-order valence-electron chi connectivity index (χ2n) is 8.90. The number of furan rings is 1. The first-order chi connectivity index (χ1) is 19.4. The zero-order valence-corrected chi connectivity index (χ0v) is 25.0. The SMILES string of the molecule is CCOC(=O)c1c(NC(=O)C(C)Sc2nnc(CNC(=O)c3ccco3)n2-c2ccc(Br)cc2)sc2c1CCC2. The number of aryl methyl sites for hydroxylation is 1. The number of esters is 1. The number of rotatable bonds is 10. The average molecular weight is 645 g/mol. The summed E-state index contributed by atoms with van der Waals surface area (Å²) in [4.78, 5) is 39.6. The van der Waals surface area contributed by atoms with Gasteiger partial charge in [0.25, 0.3) is 5.91 Å². The lowest BCUT2D eigenvalue weighted by Gasteiger charge is -2.14. The first kappa shape index (κ1) is 28.1. The third kappa shape index (κ3) is 6.01. The number of ether oxygens (including phenoxy) is 1. The third-order valence-electron chi connectivity index (χ3n) is 6.23. The molecule has 208 valence electrons. The van der Waals surface area contributed by atoms with Crippen molar-refractivity contribution >= 4 is 61.8 Å². The van der Waals surface area contributed by atoms with Crippen LogP contribution in [-0.2, 0) is 28.9 Å². The van der Waals surface area contributed by atoms with Gasteiger partial charge in [0.2, 0.25) is 5.91 Å². The van der Waals surface area contributed by atoms with Crippen LogP contribution in [0.25, 0.3) is 5.69 Å². The third-order valence-corrected chi connectivity index (χ3v) is 9.00. The van der Waals surface area contributed by atoms with Gasteiger partial charge in [-0.05, 0) is 75.1 Å². The molecule has 0 saturated heterocycles. The largest absolute Gasteiger partial charge is 0.462 e. The molecule has 0 saturated carbocycles. The molecular formula is C27H26BrN5O5S2. The van der Waals surface area contributed by atoms with E-state index in [0.717, 1.165) is 39.9 Å². The van der Waals surface area contributed by atoms with Crippen LogP contribution in [-0.4, -0.2) is 44.4 Å². The number of benzene rings is 1. The van der Waals surface area contributed by atoms with Gasteiger partial charge in [0.15, 0.2) is 16.7 Å². The minimum Gasteiger partial charge on any atom is -0.462 e. The standard InChI is InChI=1S/C27H26BrN5O5S2/c1-3-37-26(36)22-18-6-4-8-20(18)40-25(22)30-23(34)15(2)39-27-32-31-21(14-29-24(35)19-7-5-13-38-19)33(27)17-11-9-16(28)10-12-17/h5,7,9-13,15H,3-4,6,8,14H2,1-2H3,(H,29,35)(H,30,34). The van der Waals surface area contributed by atoms with Crippen LogP contribution >= 0.6 is 39.0 Å². The van der Waals surface area contributed by atoms with Gasteiger partial charge in [0, 0.05) is 15.0 Å². The molecule has 40 heavy (non-hydrogen) atoms. The number of carbonyl (C=O) groups is 3. The smallest absolute Gasteiger partial charge is 0.341 e. The van der Waals surface area contributed by atoms with Crippen molar-refractivity contribution in [3.8, 4) is 5.69 Å². The minimum absolute atomic E-state index is 0.0907. The average Bonchev–Trinajstić information content (AvgIpc) is 3.73. The molecule has 0 bridgehead atoms. The van der Waals surface area contributed by atoms with E-state index in [1.54, 1.807) is 30.5 Å². The lowest BCUT2D eigenvalue weighted by molar-refractivity contribution is -0.115. The lowest BCUT2D eigenvalue weighted by atomic mass is 10.1. The van der Waals surface area contributed by atoms with Gasteiger partial charge in [0.05, 0.1) is 30.2 Å². The van der Waals surface area contributed by atoms with E-state index in [-0.39, 0.29) is 30.7 Å². The van der Waals surface area contributed by atoms with E-state index in [1.807, 2.05) is 24.3 Å². The summed E-state index contributed by atoms with van der Waals surface area (Å²) < 4.78 is 13.1. The summed E-state index contributed by atoms with van der Waals surface area (Å²) in [6, 6.07) is 10.8. The summed E-state index contributed by atoms with van der Waals surface area (Å²) in [5, 5.41) is 14.8. The van der Waals surface area contributed by atoms with E-state index in [2.05, 4.69) is 36.8 Å². The Morgan fingerprint density at radius 3 is 2.73 bits per heavy atom. The molecule has 13 heteroatoms. The minimum atomic E-state index is -0.573. The molecule has 5 rings (SSSR count). The zero-order chi connectivity index (χ0) is 28.2. The first-order valence-corrected chi connectivity index (χ1v) is 15.2. The van der Waals surface area contributed by atoms with Crippen molar-refractivity contribution < 1.29 is 23.5 Å². The fraction of sp³-hybridized carbons (Fsp3) is 0.296. The molecular weight excluding hydrogens is 618 g/mol. The van der Waals surface area contributed by atoms with Gasteiger partial charge in [0.1, 0.15) is 5.00 Å². The number of thiophene rings is 1. The highest BCUT2D eigenvalue weighted by Crippen LogP contribution is 2.40. The van der Waals surface area contributed by atoms with Gasteiger partial charge < -0.3 is 19.8 Å². The molecule has 4 aromatic rings. The summed E-state index contributed by atoms with van der Waals surface area (Å²) in [6.07, 6.45) is 4.11. The van der Waals surface area contributed by atoms with Crippen LogP contribution in [0.4, 0.5) is 5.00 Å². The summed E-state index contributed by atoms with van der Waals surface area (Å²) in [5.41, 5.74) is 2.22. The van der Waals surface area contributed by atoms with E-state index in [1.165, 1.54) is 29.4 Å². The van der Waals surface area contributed by atoms with Crippen LogP contribution in [0.15, 0.2) is 56.7 Å². The van der Waals surface area contributed by atoms with E-state index in [4.69, 9.17) is 9.15 Å². The van der Waals surface area contributed by atoms with Crippen LogP contribution in [0.5, 0.6) is 0 Å². The number of fused-ring (bicyclic) bond motifs is 1. The Balaban J connectivity index is 1.36. The number of anilines is 1. The van der Waals surface area contributed by atoms with Crippen molar-refractivity contribution in [2.24, 2.45) is 0 Å². The topological polar surface area (TPSA) is 128 Å². The Labute approximate surface area is 247 Å². The Morgan fingerprint density at radius 1 is 1.20 bits per heavy atom. The summed E-state index contributed by atoms with van der Waals surface area (Å²) >= 11 is 6.12. The Kier molecular flexibility index (Phi) is 8.72. The number of hydrogen-bond acceptors (Lipinski definition) is 9. The molecule has 1 aliphatic rings. The van der Waals surface area contributed by atoms with Crippen molar-refractivity contribution in [2.75, 3.05) is 11.9 Å². The maximum absolute atomic E-state index is 13.3. The Hall–Kier alpha value is -3.42. The number of carbonyl (C=O) groups excluding carboxylic acids is 3. The maximum atomic E-state index is 13.3. The molecule has 10 nitrogen and oxygen atoms in total. The number of thioether (sulfide) groups is 1. The van der Waals surface area contributed by atoms with Gasteiger partial charge in [-0.3, -0.25) is 14.2 Å². The quantitative estimate of drug-likeness (QED) is 0.174. The van der Waals surface area contributed by atoms with E-state index < -0.39 is 11.2 Å². The number of nitrogens with zero attached hydrogens (tertiary/aromatic N) is 3. The molecule has 0 radical (unpaired) electrons. The summed E-state index contributed by atoms with van der Waals surface area (Å²) in [6.45, 7) is 3.89. The van der Waals surface area contributed by atoms with Gasteiger partial charge in [-0.15, -0.1) is 21.5 Å². The predicted octanol–water partition coefficient (Wildman–Crippen LogP) is 5.40. The molecule has 0 aliphatic heterocycles. The highest BCUT2D eigenvalue weighted by atomic mass is 79.9. The normalized spacial score (nSPS) is 13.1. The maximum Gasteiger partial charge on any atom is 0.341 e. The molecule has 3 heterocycles. The second-order valence-corrected chi connectivity index (χ2v) is 12.2. The molecule has 1 atom stereocenters. The molecule has 3 aromatic heterocycles. The monoisotopic (exact) mass is 643 g/mol. The fourth-order valence-electron chi connectivity index (χ4n) is 4.33. The fourth-order valence-corrected chi connectivity index (χ4v) is 6.76. The second kappa shape index (κ2) is 12.4. The number of halogens is 1. The molecule has 0 fully saturated rings. The molecule has 0 spiro atoms. The van der Waals surface area contributed by atoms with Gasteiger partial charge in [-0.1, -0.05) is 27.7 Å². The van der Waals surface area contributed by atoms with E-state index >= 15 is 0 Å². The van der Waals surface area contributed by atoms with Crippen molar-refractivity contribution in [3.05, 3.63) is 74.7 Å². The Morgan fingerprint density at radius 2 is 2.00 bits per heavy atom. The van der Waals surface area contributed by atoms with Crippen LogP contribution in [0.1, 0.15) is 57.4 Å². The molecule has 2 N–H and O–H groups in total. The molecule has 1 aliphatic carbocycles. The molecule has 1 unspecified atom stereocenters. The predicted molar refractivity (Wildman–Crippen MR) is 155 cm³/mol. The van der Waals surface area contributed by atoms with Gasteiger partial charge in [-0.25, -0.2) is 4.79 Å². The van der Waals surface area contributed by atoms with Crippen molar-refractivity contribution in [1.82, 2.24) is 20.1 Å². The van der Waals surface area contributed by atoms with Crippen molar-refractivity contribution in [1.29, 1.82) is 0 Å². The number of hydrogen-bond donors (Lipinski definition) is 2. The van der Waals surface area contributed by atoms with Crippen LogP contribution in [0, 0.1) is 0 Å². The van der Waals surface area contributed by atoms with Crippen molar-refractivity contribution in [3.63, 3.8) is 0 Å². The van der Waals surface area contributed by atoms with Crippen molar-refractivity contribution in [2.45, 2.75) is 50.1 Å². The number of aromatic nitrogens is 3. The Bertz CT molecular complexity index is 1530. The molecule has 2 amide bonds. The summed E-state index contributed by atoms with van der Waals surface area (Å²) in [5.74, 6) is -0.382. The highest BCUT2D eigenvalue weighted by molar-refractivity contribution is 9.10. The van der Waals surface area contributed by atoms with Crippen LogP contribution in [0.3, 0.4) is 0 Å². The highest BCUT2D eigenvalue weighted by Gasteiger charge is 2.30. The van der Waals surface area contributed by atoms with Gasteiger partial charge >= 0.3 is 5.97 Å². The van der Waals surface area contributed by atoms with Crippen LogP contribution in [0.2, 0.25) is 0 Å². The van der Waals surface area contributed by atoms with E-state index in [9.17, 15) is 14.4 Å². The number of amides is 2. The first-order valence-electron chi connectivity index (χ1n) is 12.7. The lowest BCUT2D eigenvalue weighted by Crippen LogP contribution is -2.25. The van der Waals surface area contributed by atoms with E-state index in [0.29, 0.717) is 21.5 Å². The molecule has 1 aromatic carbocycles. The van der Waals surface area contributed by atoms with Gasteiger partial charge in [-0.2, -0.15) is 0 Å². The zero-order valence-electron chi connectivity index (χ0n) is 21.7. The number of nitrogens with one attached hydrogen (secondary N) is 2. The van der Waals surface area contributed by atoms with Crippen LogP contribution < -0.4 is 10.6 Å². The summed E-state index contributed by atoms with van der Waals surface area (Å²) in [7, 11) is 0.